The van der Waals surface area contributed by atoms with Crippen LogP contribution >= 0.6 is 11.6 Å². The van der Waals surface area contributed by atoms with E-state index in [4.69, 9.17) is 16.9 Å². The highest BCUT2D eigenvalue weighted by Crippen LogP contribution is 2.29. The molecule has 96 valence electrons. The molecule has 1 aliphatic carbocycles. The topological polar surface area (TPSA) is 35.8 Å². The molecule has 0 heterocycles. The van der Waals surface area contributed by atoms with Gasteiger partial charge in [0.1, 0.15) is 6.07 Å². The molecule has 1 aliphatic rings. The zero-order valence-corrected chi connectivity index (χ0v) is 11.5. The molecule has 0 aromatic heterocycles. The molecule has 2 rings (SSSR count). The Morgan fingerprint density at radius 3 is 3.00 bits per heavy atom. The van der Waals surface area contributed by atoms with Crippen LogP contribution in [-0.4, -0.2) is 6.54 Å². The third kappa shape index (κ3) is 3.17. The van der Waals surface area contributed by atoms with E-state index in [0.29, 0.717) is 10.6 Å². The van der Waals surface area contributed by atoms with Crippen molar-refractivity contribution in [2.75, 3.05) is 11.9 Å². The molecule has 0 radical (unpaired) electrons. The van der Waals surface area contributed by atoms with E-state index in [0.717, 1.165) is 24.1 Å². The van der Waals surface area contributed by atoms with Gasteiger partial charge in [0.2, 0.25) is 0 Å². The third-order valence-corrected chi connectivity index (χ3v) is 4.07. The number of nitrogens with zero attached hydrogens (tertiary/aromatic N) is 1. The molecule has 0 spiro atoms. The average molecular weight is 263 g/mol. The third-order valence-electron chi connectivity index (χ3n) is 3.75. The van der Waals surface area contributed by atoms with E-state index in [1.54, 1.807) is 6.07 Å². The lowest BCUT2D eigenvalue weighted by Gasteiger charge is -2.27. The number of nitrogens with one attached hydrogen (secondary N) is 1. The normalized spacial score (nSPS) is 23.4. The van der Waals surface area contributed by atoms with Gasteiger partial charge in [0.25, 0.3) is 0 Å². The van der Waals surface area contributed by atoms with Gasteiger partial charge in [-0.1, -0.05) is 37.4 Å². The molecule has 2 atom stereocenters. The predicted molar refractivity (Wildman–Crippen MR) is 75.8 cm³/mol. The van der Waals surface area contributed by atoms with E-state index in [1.807, 2.05) is 12.1 Å². The molecule has 2 unspecified atom stereocenters. The van der Waals surface area contributed by atoms with Crippen LogP contribution in [-0.2, 0) is 0 Å². The van der Waals surface area contributed by atoms with Gasteiger partial charge in [0, 0.05) is 6.54 Å². The molecule has 0 aliphatic heterocycles. The smallest absolute Gasteiger partial charge is 0.103 e. The summed E-state index contributed by atoms with van der Waals surface area (Å²) < 4.78 is 0. The molecule has 3 heteroatoms. The fourth-order valence-corrected chi connectivity index (χ4v) is 3.00. The molecular weight excluding hydrogens is 244 g/mol. The standard InChI is InChI=1S/C15H19ClN2/c1-11-4-2-5-12(8-11)10-18-15-7-3-6-14(16)13(15)9-17/h3,6-7,11-12,18H,2,4-5,8,10H2,1H3. The highest BCUT2D eigenvalue weighted by Gasteiger charge is 2.19. The van der Waals surface area contributed by atoms with Crippen molar-refractivity contribution in [2.45, 2.75) is 32.6 Å². The Kier molecular flexibility index (Phi) is 4.49. The predicted octanol–water partition coefficient (Wildman–Crippen LogP) is 4.45. The van der Waals surface area contributed by atoms with Crippen molar-refractivity contribution in [3.63, 3.8) is 0 Å². The highest BCUT2D eigenvalue weighted by molar-refractivity contribution is 6.32. The molecule has 0 saturated heterocycles. The molecule has 0 amide bonds. The minimum Gasteiger partial charge on any atom is -0.384 e. The Morgan fingerprint density at radius 2 is 2.28 bits per heavy atom. The van der Waals surface area contributed by atoms with Crippen LogP contribution in [0.25, 0.3) is 0 Å². The van der Waals surface area contributed by atoms with Crippen molar-refractivity contribution >= 4 is 17.3 Å². The molecule has 1 saturated carbocycles. The molecule has 18 heavy (non-hydrogen) atoms. The van der Waals surface area contributed by atoms with Crippen LogP contribution in [0.3, 0.4) is 0 Å². The Bertz CT molecular complexity index is 450. The van der Waals surface area contributed by atoms with Crippen LogP contribution in [0.4, 0.5) is 5.69 Å². The monoisotopic (exact) mass is 262 g/mol. The van der Waals surface area contributed by atoms with Gasteiger partial charge in [-0.05, 0) is 36.8 Å². The summed E-state index contributed by atoms with van der Waals surface area (Å²) in [5.41, 5.74) is 1.42. The lowest BCUT2D eigenvalue weighted by molar-refractivity contribution is 0.293. The van der Waals surface area contributed by atoms with Gasteiger partial charge in [0.05, 0.1) is 16.3 Å². The summed E-state index contributed by atoms with van der Waals surface area (Å²) in [6.45, 7) is 3.27. The van der Waals surface area contributed by atoms with Crippen molar-refractivity contribution in [3.8, 4) is 6.07 Å². The fourth-order valence-electron chi connectivity index (χ4n) is 2.78. The van der Waals surface area contributed by atoms with Gasteiger partial charge in [-0.3, -0.25) is 0 Å². The first kappa shape index (κ1) is 13.2. The van der Waals surface area contributed by atoms with E-state index in [-0.39, 0.29) is 0 Å². The zero-order valence-electron chi connectivity index (χ0n) is 10.7. The number of rotatable bonds is 3. The summed E-state index contributed by atoms with van der Waals surface area (Å²) >= 11 is 6.01. The Labute approximate surface area is 114 Å². The van der Waals surface area contributed by atoms with Crippen LogP contribution in [0.5, 0.6) is 0 Å². The second kappa shape index (κ2) is 6.11. The Hall–Kier alpha value is -1.20. The van der Waals surface area contributed by atoms with Gasteiger partial charge in [0.15, 0.2) is 0 Å². The number of benzene rings is 1. The van der Waals surface area contributed by atoms with E-state index in [2.05, 4.69) is 18.3 Å². The Morgan fingerprint density at radius 1 is 1.44 bits per heavy atom. The number of hydrogen-bond donors (Lipinski definition) is 1. The quantitative estimate of drug-likeness (QED) is 0.874. The van der Waals surface area contributed by atoms with Crippen molar-refractivity contribution < 1.29 is 0 Å². The SMILES string of the molecule is CC1CCCC(CNc2cccc(Cl)c2C#N)C1. The summed E-state index contributed by atoms with van der Waals surface area (Å²) in [4.78, 5) is 0. The van der Waals surface area contributed by atoms with Crippen LogP contribution in [0.15, 0.2) is 18.2 Å². The average Bonchev–Trinajstić information content (AvgIpc) is 2.36. The fraction of sp³-hybridized carbons (Fsp3) is 0.533. The summed E-state index contributed by atoms with van der Waals surface area (Å²) in [6, 6.07) is 7.74. The maximum Gasteiger partial charge on any atom is 0.103 e. The van der Waals surface area contributed by atoms with Gasteiger partial charge >= 0.3 is 0 Å². The lowest BCUT2D eigenvalue weighted by Crippen LogP contribution is -2.21. The van der Waals surface area contributed by atoms with Crippen molar-refractivity contribution in [1.29, 1.82) is 5.26 Å². The first-order valence-corrected chi connectivity index (χ1v) is 7.01. The van der Waals surface area contributed by atoms with E-state index < -0.39 is 0 Å². The second-order valence-electron chi connectivity index (χ2n) is 5.29. The number of halogens is 1. The van der Waals surface area contributed by atoms with Crippen LogP contribution in [0.2, 0.25) is 5.02 Å². The number of nitriles is 1. The highest BCUT2D eigenvalue weighted by atomic mass is 35.5. The number of anilines is 1. The lowest BCUT2D eigenvalue weighted by atomic mass is 9.82. The first-order chi connectivity index (χ1) is 8.70. The van der Waals surface area contributed by atoms with E-state index in [9.17, 15) is 0 Å². The van der Waals surface area contributed by atoms with Gasteiger partial charge in [-0.2, -0.15) is 5.26 Å². The Balaban J connectivity index is 1.98. The minimum atomic E-state index is 0.527. The van der Waals surface area contributed by atoms with Crippen molar-refractivity contribution in [2.24, 2.45) is 11.8 Å². The second-order valence-corrected chi connectivity index (χ2v) is 5.70. The van der Waals surface area contributed by atoms with E-state index in [1.165, 1.54) is 25.7 Å². The molecule has 1 N–H and O–H groups in total. The summed E-state index contributed by atoms with van der Waals surface area (Å²) in [5.74, 6) is 1.56. The first-order valence-electron chi connectivity index (χ1n) is 6.63. The molecule has 2 nitrogen and oxygen atoms in total. The molecule has 1 fully saturated rings. The van der Waals surface area contributed by atoms with E-state index >= 15 is 0 Å². The van der Waals surface area contributed by atoms with Crippen LogP contribution < -0.4 is 5.32 Å². The zero-order chi connectivity index (χ0) is 13.0. The summed E-state index contributed by atoms with van der Waals surface area (Å²) in [5, 5.41) is 13.0. The van der Waals surface area contributed by atoms with Crippen molar-refractivity contribution in [1.82, 2.24) is 0 Å². The largest absolute Gasteiger partial charge is 0.384 e. The van der Waals surface area contributed by atoms with Gasteiger partial charge < -0.3 is 5.32 Å². The maximum atomic E-state index is 9.10. The van der Waals surface area contributed by atoms with Crippen LogP contribution in [0, 0.1) is 23.2 Å². The van der Waals surface area contributed by atoms with Crippen LogP contribution in [0.1, 0.15) is 38.2 Å². The van der Waals surface area contributed by atoms with Gasteiger partial charge in [-0.25, -0.2) is 0 Å². The molecule has 1 aromatic carbocycles. The minimum absolute atomic E-state index is 0.527. The number of hydrogen-bond acceptors (Lipinski definition) is 2. The maximum absolute atomic E-state index is 9.10. The summed E-state index contributed by atoms with van der Waals surface area (Å²) in [6.07, 6.45) is 5.26. The molecule has 1 aromatic rings. The molecule has 0 bridgehead atoms. The molecular formula is C15H19ClN2. The van der Waals surface area contributed by atoms with Crippen molar-refractivity contribution in [3.05, 3.63) is 28.8 Å². The van der Waals surface area contributed by atoms with Gasteiger partial charge in [-0.15, -0.1) is 0 Å². The summed E-state index contributed by atoms with van der Waals surface area (Å²) in [7, 11) is 0.